The van der Waals surface area contributed by atoms with Crippen molar-refractivity contribution in [3.8, 4) is 34.1 Å². The van der Waals surface area contributed by atoms with Crippen molar-refractivity contribution in [1.82, 2.24) is 25.5 Å². The number of nitrogens with zero attached hydrogens (tertiary/aromatic N) is 5. The van der Waals surface area contributed by atoms with E-state index in [4.69, 9.17) is 4.74 Å². The zero-order chi connectivity index (χ0) is 23.8. The molecule has 4 atom stereocenters. The lowest BCUT2D eigenvalue weighted by Crippen LogP contribution is -2.61. The zero-order valence-electron chi connectivity index (χ0n) is 18.9. The fourth-order valence-corrected chi connectivity index (χ4v) is 4.92. The van der Waals surface area contributed by atoms with E-state index in [0.717, 1.165) is 25.5 Å². The number of aromatic hydroxyl groups is 1. The van der Waals surface area contributed by atoms with E-state index in [9.17, 15) is 9.50 Å². The Morgan fingerprint density at radius 3 is 2.71 bits per heavy atom. The van der Waals surface area contributed by atoms with Gasteiger partial charge in [-0.15, -0.1) is 10.2 Å². The minimum Gasteiger partial charge on any atom is -0.507 e. The number of phenols is 1. The largest absolute Gasteiger partial charge is 0.507 e. The van der Waals surface area contributed by atoms with Gasteiger partial charge in [-0.3, -0.25) is 0 Å². The molecule has 2 saturated heterocycles. The van der Waals surface area contributed by atoms with E-state index in [0.29, 0.717) is 29.4 Å². The van der Waals surface area contributed by atoms with Gasteiger partial charge in [0.25, 0.3) is 0 Å². The van der Waals surface area contributed by atoms with Crippen LogP contribution in [0.15, 0.2) is 36.7 Å². The summed E-state index contributed by atoms with van der Waals surface area (Å²) in [7, 11) is 3.26. The van der Waals surface area contributed by atoms with Crippen LogP contribution >= 0.6 is 0 Å². The van der Waals surface area contributed by atoms with E-state index in [1.165, 1.54) is 25.4 Å². The van der Waals surface area contributed by atoms with Gasteiger partial charge in [-0.2, -0.15) is 0 Å². The molecule has 34 heavy (non-hydrogen) atoms. The van der Waals surface area contributed by atoms with Crippen molar-refractivity contribution in [3.63, 3.8) is 0 Å². The second kappa shape index (κ2) is 9.09. The molecule has 8 nitrogen and oxygen atoms in total. The summed E-state index contributed by atoms with van der Waals surface area (Å²) >= 11 is 0. The summed E-state index contributed by atoms with van der Waals surface area (Å²) in [5.74, 6) is 0.295. The molecule has 2 fully saturated rings. The maximum atomic E-state index is 15.1. The van der Waals surface area contributed by atoms with Crippen molar-refractivity contribution < 1.29 is 18.6 Å². The Bertz CT molecular complexity index is 1180. The number of rotatable bonds is 5. The lowest BCUT2D eigenvalue weighted by atomic mass is 9.82. The SMILES string of the molecule is COc1cc(-c2ccc(-c3ncc(N(C)[C@@H]4C[C@H]5CCC[C@@H](N5)[C@@H]4F)nn3)c(O)c2)c(F)cn1. The summed E-state index contributed by atoms with van der Waals surface area (Å²) in [5, 5.41) is 22.4. The average Bonchev–Trinajstić information content (AvgIpc) is 2.86. The predicted octanol–water partition coefficient (Wildman–Crippen LogP) is 3.51. The first-order chi connectivity index (χ1) is 16.4. The zero-order valence-corrected chi connectivity index (χ0v) is 18.9. The maximum absolute atomic E-state index is 15.1. The minimum absolute atomic E-state index is 0.120. The molecule has 1 aromatic carbocycles. The van der Waals surface area contributed by atoms with Gasteiger partial charge in [-0.05, 0) is 37.0 Å². The van der Waals surface area contributed by atoms with Crippen LogP contribution in [0.2, 0.25) is 0 Å². The van der Waals surface area contributed by atoms with Gasteiger partial charge in [0, 0.05) is 30.8 Å². The highest BCUT2D eigenvalue weighted by atomic mass is 19.1. The number of pyridine rings is 1. The number of benzene rings is 1. The Kier molecular flexibility index (Phi) is 5.99. The fourth-order valence-electron chi connectivity index (χ4n) is 4.92. The van der Waals surface area contributed by atoms with Crippen molar-refractivity contribution in [2.75, 3.05) is 19.1 Å². The van der Waals surface area contributed by atoms with Crippen LogP contribution in [0.3, 0.4) is 0 Å². The van der Waals surface area contributed by atoms with Crippen LogP contribution in [0, 0.1) is 5.82 Å². The summed E-state index contributed by atoms with van der Waals surface area (Å²) < 4.78 is 34.4. The number of methoxy groups -OCH3 is 1. The molecule has 0 saturated carbocycles. The normalized spacial score (nSPS) is 24.0. The number of aromatic nitrogens is 4. The van der Waals surface area contributed by atoms with Gasteiger partial charge in [0.15, 0.2) is 11.6 Å². The molecule has 0 amide bonds. The summed E-state index contributed by atoms with van der Waals surface area (Å²) in [6, 6.07) is 6.04. The van der Waals surface area contributed by atoms with Crippen LogP contribution in [0.4, 0.5) is 14.6 Å². The number of piperidine rings is 2. The average molecular weight is 469 g/mol. The molecule has 10 heteroatoms. The number of anilines is 1. The lowest BCUT2D eigenvalue weighted by molar-refractivity contribution is 0.107. The third-order valence-electron chi connectivity index (χ3n) is 6.79. The Morgan fingerprint density at radius 1 is 1.12 bits per heavy atom. The quantitative estimate of drug-likeness (QED) is 0.587. The number of alkyl halides is 1. The third-order valence-corrected chi connectivity index (χ3v) is 6.79. The molecule has 5 rings (SSSR count). The first-order valence-corrected chi connectivity index (χ1v) is 11.3. The Hall–Kier alpha value is -3.40. The molecular weight excluding hydrogens is 442 g/mol. The number of fused-ring (bicyclic) bond motifs is 2. The van der Waals surface area contributed by atoms with Crippen LogP contribution in [0.5, 0.6) is 11.6 Å². The Morgan fingerprint density at radius 2 is 1.97 bits per heavy atom. The molecule has 0 aliphatic carbocycles. The summed E-state index contributed by atoms with van der Waals surface area (Å²) in [4.78, 5) is 9.99. The molecule has 4 heterocycles. The Labute approximate surface area is 196 Å². The van der Waals surface area contributed by atoms with Gasteiger partial charge in [0.2, 0.25) is 5.88 Å². The van der Waals surface area contributed by atoms with Gasteiger partial charge in [0.05, 0.1) is 31.1 Å². The first kappa shape index (κ1) is 22.4. The number of nitrogens with one attached hydrogen (secondary N) is 1. The van der Waals surface area contributed by atoms with Gasteiger partial charge in [-0.25, -0.2) is 18.7 Å². The molecule has 0 unspecified atom stereocenters. The van der Waals surface area contributed by atoms with Crippen molar-refractivity contribution in [1.29, 1.82) is 0 Å². The highest BCUT2D eigenvalue weighted by Crippen LogP contribution is 2.35. The van der Waals surface area contributed by atoms with Crippen LogP contribution in [0.1, 0.15) is 25.7 Å². The van der Waals surface area contributed by atoms with Crippen LogP contribution in [0.25, 0.3) is 22.5 Å². The molecule has 3 aromatic rings. The van der Waals surface area contributed by atoms with E-state index in [2.05, 4.69) is 25.5 Å². The monoisotopic (exact) mass is 468 g/mol. The van der Waals surface area contributed by atoms with E-state index in [1.807, 2.05) is 11.9 Å². The third kappa shape index (κ3) is 4.13. The number of ether oxygens (including phenoxy) is 1. The van der Waals surface area contributed by atoms with E-state index in [-0.39, 0.29) is 35.1 Å². The molecule has 0 spiro atoms. The maximum Gasteiger partial charge on any atom is 0.213 e. The van der Waals surface area contributed by atoms with Crippen LogP contribution < -0.4 is 15.0 Å². The van der Waals surface area contributed by atoms with E-state index in [1.54, 1.807) is 12.1 Å². The number of phenolic OH excluding ortho intramolecular Hbond substituents is 1. The smallest absolute Gasteiger partial charge is 0.213 e. The molecule has 2 aromatic heterocycles. The van der Waals surface area contributed by atoms with Gasteiger partial charge in [0.1, 0.15) is 17.7 Å². The van der Waals surface area contributed by atoms with Crippen LogP contribution in [-0.4, -0.2) is 63.7 Å². The summed E-state index contributed by atoms with van der Waals surface area (Å²) in [5.41, 5.74) is 1.05. The van der Waals surface area contributed by atoms with Crippen molar-refractivity contribution >= 4 is 5.82 Å². The standard InChI is InChI=1S/C24H26F2N6O2/c1-32(19-9-14-4-3-5-18(29-14)23(19)26)21-12-28-24(31-30-21)15-7-6-13(8-20(15)33)16-10-22(34-2)27-11-17(16)25/h6-8,10-12,14,18-19,23,29,33H,3-5,9H2,1-2H3/t14-,18-,19-,23+/m1/s1. The number of hydrogen-bond donors (Lipinski definition) is 2. The van der Waals surface area contributed by atoms with Crippen molar-refractivity contribution in [2.24, 2.45) is 0 Å². The number of hydrogen-bond acceptors (Lipinski definition) is 8. The van der Waals surface area contributed by atoms with Gasteiger partial charge < -0.3 is 20.1 Å². The highest BCUT2D eigenvalue weighted by Gasteiger charge is 2.42. The predicted molar refractivity (Wildman–Crippen MR) is 123 cm³/mol. The van der Waals surface area contributed by atoms with Crippen LogP contribution in [-0.2, 0) is 0 Å². The molecule has 178 valence electrons. The van der Waals surface area contributed by atoms with E-state index < -0.39 is 12.0 Å². The molecule has 2 N–H and O–H groups in total. The van der Waals surface area contributed by atoms with E-state index >= 15 is 4.39 Å². The molecule has 0 radical (unpaired) electrons. The molecule has 2 aliphatic heterocycles. The molecule has 2 bridgehead atoms. The molecular formula is C24H26F2N6O2. The van der Waals surface area contributed by atoms with Gasteiger partial charge in [-0.1, -0.05) is 12.5 Å². The summed E-state index contributed by atoms with van der Waals surface area (Å²) in [6.07, 6.45) is 5.27. The number of halogens is 2. The molecule has 2 aliphatic rings. The summed E-state index contributed by atoms with van der Waals surface area (Å²) in [6.45, 7) is 0. The lowest BCUT2D eigenvalue weighted by Gasteiger charge is -2.45. The first-order valence-electron chi connectivity index (χ1n) is 11.3. The van der Waals surface area contributed by atoms with Gasteiger partial charge >= 0.3 is 0 Å². The second-order valence-corrected chi connectivity index (χ2v) is 8.84. The topological polar surface area (TPSA) is 96.3 Å². The second-order valence-electron chi connectivity index (χ2n) is 8.84. The minimum atomic E-state index is -0.994. The Balaban J connectivity index is 1.36. The van der Waals surface area contributed by atoms with Crippen molar-refractivity contribution in [3.05, 3.63) is 42.5 Å². The van der Waals surface area contributed by atoms with Crippen molar-refractivity contribution in [2.45, 2.75) is 50.0 Å². The fraction of sp³-hybridized carbons (Fsp3) is 0.417. The highest BCUT2D eigenvalue weighted by molar-refractivity contribution is 5.73.